The van der Waals surface area contributed by atoms with Gasteiger partial charge in [-0.1, -0.05) is 6.07 Å². The van der Waals surface area contributed by atoms with Crippen molar-refractivity contribution in [3.8, 4) is 11.5 Å². The monoisotopic (exact) mass is 647 g/mol. The van der Waals surface area contributed by atoms with Crippen LogP contribution in [0.1, 0.15) is 33.5 Å². The molecule has 47 heavy (non-hydrogen) atoms. The number of Topliss-reactive ketones (excluding diaryl/α,β-unsaturated/α-hetero) is 2. The zero-order chi connectivity index (χ0) is 34.1. The average molecular weight is 648 g/mol. The molecule has 2 aromatic carbocycles. The molecule has 6 rings (SSSR count). The summed E-state index contributed by atoms with van der Waals surface area (Å²) < 4.78 is 5.55. The highest BCUT2D eigenvalue weighted by molar-refractivity contribution is 6.25. The van der Waals surface area contributed by atoms with E-state index in [0.29, 0.717) is 29.3 Å². The van der Waals surface area contributed by atoms with Crippen molar-refractivity contribution in [1.82, 2.24) is 10.2 Å². The first-order chi connectivity index (χ1) is 22.2. The minimum Gasteiger partial charge on any atom is -0.510 e. The van der Waals surface area contributed by atoms with Crippen LogP contribution in [0, 0.1) is 11.8 Å². The summed E-state index contributed by atoms with van der Waals surface area (Å²) in [5.74, 6) is -6.51. The van der Waals surface area contributed by atoms with Crippen LogP contribution in [-0.4, -0.2) is 95.3 Å². The fourth-order valence-corrected chi connectivity index (χ4v) is 7.48. The second-order valence-corrected chi connectivity index (χ2v) is 12.8. The van der Waals surface area contributed by atoms with Crippen molar-refractivity contribution < 1.29 is 44.3 Å². The number of likely N-dealkylation sites (N-methyl/N-ethyl adjacent to an activating group) is 1. The molecule has 1 aliphatic heterocycles. The Morgan fingerprint density at radius 1 is 1.11 bits per heavy atom. The normalized spacial score (nSPS) is 24.7. The number of hydrogen-bond donors (Lipinski definition) is 7. The first kappa shape index (κ1) is 31.9. The maximum atomic E-state index is 14.2. The number of fused-ring (bicyclic) bond motifs is 4. The molecule has 14 nitrogen and oxygen atoms in total. The van der Waals surface area contributed by atoms with E-state index >= 15 is 0 Å². The molecular formula is C33H37N5O9. The number of nitrogens with one attached hydrogen (secondary N) is 2. The van der Waals surface area contributed by atoms with Gasteiger partial charge in [0.15, 0.2) is 11.4 Å². The Kier molecular flexibility index (Phi) is 7.68. The number of urea groups is 1. The lowest BCUT2D eigenvalue weighted by atomic mass is 9.58. The van der Waals surface area contributed by atoms with Crippen LogP contribution in [0.4, 0.5) is 16.2 Å². The van der Waals surface area contributed by atoms with Crippen molar-refractivity contribution in [3.05, 3.63) is 69.2 Å². The topological polar surface area (TPSA) is 215 Å². The van der Waals surface area contributed by atoms with Gasteiger partial charge in [-0.25, -0.2) is 4.79 Å². The van der Waals surface area contributed by atoms with Crippen LogP contribution >= 0.6 is 0 Å². The van der Waals surface area contributed by atoms with E-state index in [-0.39, 0.29) is 36.1 Å². The summed E-state index contributed by atoms with van der Waals surface area (Å²) in [6.07, 6.45) is 0.921. The van der Waals surface area contributed by atoms with Gasteiger partial charge in [0.05, 0.1) is 18.2 Å². The van der Waals surface area contributed by atoms with Crippen molar-refractivity contribution in [2.24, 2.45) is 17.6 Å². The number of carbonyl (C=O) groups is 4. The van der Waals surface area contributed by atoms with Crippen LogP contribution in [0.5, 0.6) is 11.5 Å². The number of phenols is 1. The molecule has 0 unspecified atom stereocenters. The number of aliphatic hydroxyl groups is 3. The number of allylic oxidation sites excluding steroid dienone is 1. The van der Waals surface area contributed by atoms with E-state index in [1.807, 2.05) is 6.07 Å². The number of ketones is 2. The molecule has 8 N–H and O–H groups in total. The van der Waals surface area contributed by atoms with Crippen LogP contribution in [-0.2, 0) is 29.0 Å². The highest BCUT2D eigenvalue weighted by Crippen LogP contribution is 2.53. The van der Waals surface area contributed by atoms with Gasteiger partial charge in [0, 0.05) is 61.6 Å². The van der Waals surface area contributed by atoms with Gasteiger partial charge in [0.2, 0.25) is 5.78 Å². The highest BCUT2D eigenvalue weighted by atomic mass is 16.5. The van der Waals surface area contributed by atoms with Crippen molar-refractivity contribution in [1.29, 1.82) is 0 Å². The number of aliphatic hydroxyl groups excluding tert-OH is 2. The molecule has 1 heterocycles. The number of nitrogens with zero attached hydrogens (tertiary/aromatic N) is 2. The third-order valence-corrected chi connectivity index (χ3v) is 9.65. The van der Waals surface area contributed by atoms with Gasteiger partial charge in [0.25, 0.3) is 5.91 Å². The van der Waals surface area contributed by atoms with Gasteiger partial charge in [-0.3, -0.25) is 19.3 Å². The number of anilines is 2. The lowest BCUT2D eigenvalue weighted by Gasteiger charge is -2.50. The lowest BCUT2D eigenvalue weighted by molar-refractivity contribution is -0.148. The lowest BCUT2D eigenvalue weighted by Crippen LogP contribution is -2.63. The number of aromatic hydroxyl groups is 1. The Bertz CT molecular complexity index is 1810. The summed E-state index contributed by atoms with van der Waals surface area (Å²) in [4.78, 5) is 56.0. The van der Waals surface area contributed by atoms with Crippen LogP contribution in [0.3, 0.4) is 0 Å². The fraction of sp³-hybridized carbons (Fsp3) is 0.394. The molecule has 3 amide bonds. The van der Waals surface area contributed by atoms with E-state index < -0.39 is 69.8 Å². The van der Waals surface area contributed by atoms with E-state index in [9.17, 15) is 39.6 Å². The zero-order valence-corrected chi connectivity index (χ0v) is 26.4. The Morgan fingerprint density at radius 3 is 2.49 bits per heavy atom. The highest BCUT2D eigenvalue weighted by Gasteiger charge is 2.63. The summed E-state index contributed by atoms with van der Waals surface area (Å²) in [6, 6.07) is 5.38. The molecule has 248 valence electrons. The van der Waals surface area contributed by atoms with Gasteiger partial charge >= 0.3 is 6.03 Å². The van der Waals surface area contributed by atoms with E-state index in [0.717, 1.165) is 12.0 Å². The summed E-state index contributed by atoms with van der Waals surface area (Å²) >= 11 is 0. The number of nitrogens with two attached hydrogens (primary N) is 1. The van der Waals surface area contributed by atoms with Crippen molar-refractivity contribution in [3.63, 3.8) is 0 Å². The molecule has 4 aliphatic rings. The molecule has 0 bridgehead atoms. The van der Waals surface area contributed by atoms with Gasteiger partial charge < -0.3 is 46.4 Å². The van der Waals surface area contributed by atoms with Crippen LogP contribution in [0.15, 0.2) is 46.9 Å². The summed E-state index contributed by atoms with van der Waals surface area (Å²) in [7, 11) is 6.67. The molecule has 0 fully saturated rings. The van der Waals surface area contributed by atoms with Gasteiger partial charge in [-0.15, -0.1) is 0 Å². The molecule has 0 spiro atoms. The number of hydrogen-bond acceptors (Lipinski definition) is 11. The van der Waals surface area contributed by atoms with Crippen molar-refractivity contribution in [2.45, 2.75) is 37.5 Å². The maximum absolute atomic E-state index is 14.2. The van der Waals surface area contributed by atoms with E-state index in [1.165, 1.54) is 4.90 Å². The quantitative estimate of drug-likeness (QED) is 0.223. The molecule has 14 heteroatoms. The Labute approximate surface area is 270 Å². The van der Waals surface area contributed by atoms with E-state index in [2.05, 4.69) is 10.6 Å². The Hall–Kier alpha value is -5.08. The number of rotatable bonds is 6. The Morgan fingerprint density at radius 2 is 1.83 bits per heavy atom. The van der Waals surface area contributed by atoms with E-state index in [4.69, 9.17) is 10.5 Å². The summed E-state index contributed by atoms with van der Waals surface area (Å²) in [5.41, 5.74) is 4.26. The molecule has 0 aromatic heterocycles. The number of amides is 3. The zero-order valence-electron chi connectivity index (χ0n) is 26.4. The number of phenolic OH excluding ortho intramolecular Hbond substituents is 1. The van der Waals surface area contributed by atoms with Crippen LogP contribution < -0.4 is 26.0 Å². The smallest absolute Gasteiger partial charge is 0.319 e. The second kappa shape index (κ2) is 11.3. The SMILES string of the molecule is CN(C)c1cc(CNC(=O)Nc2ccc3c(c2)OCC3)c(O)c2c1C[C@H]1C[C@H]3[C@H](N(C)C)C(O)=C(C(N)=O)C(=O)[C@@]3(O)C(O)=C1C2=O. The number of ether oxygens (including phenoxy) is 1. The number of benzene rings is 2. The van der Waals surface area contributed by atoms with Crippen molar-refractivity contribution in [2.75, 3.05) is 45.0 Å². The largest absolute Gasteiger partial charge is 0.510 e. The standard InChI is InChI=1S/C33H37N5O9/c1-37(2)20-11-16(13-35-32(45)36-17-6-5-14-7-8-47-21(14)12-17)26(39)23-18(20)9-15-10-19-25(38(3)4)28(41)24(31(34)44)30(43)33(19,46)29(42)22(15)27(23)40/h5-6,11-12,15,19,25,39,41-42,46H,7-10,13H2,1-4H3,(H2,34,44)(H2,35,36,45)/t15-,19-,25-,33-/m0/s1. The van der Waals surface area contributed by atoms with Gasteiger partial charge in [-0.05, 0) is 56.1 Å². The molecule has 0 radical (unpaired) electrons. The average Bonchev–Trinajstić information content (AvgIpc) is 3.46. The molecule has 0 saturated carbocycles. The first-order valence-corrected chi connectivity index (χ1v) is 15.2. The summed E-state index contributed by atoms with van der Waals surface area (Å²) in [5, 5.41) is 51.2. The minimum atomic E-state index is -2.73. The molecular weight excluding hydrogens is 610 g/mol. The fourth-order valence-electron chi connectivity index (χ4n) is 7.48. The third-order valence-electron chi connectivity index (χ3n) is 9.65. The third kappa shape index (κ3) is 4.86. The number of primary amides is 1. The summed E-state index contributed by atoms with van der Waals surface area (Å²) in [6.45, 7) is 0.406. The minimum absolute atomic E-state index is 0.0173. The molecule has 3 aliphatic carbocycles. The van der Waals surface area contributed by atoms with E-state index in [1.54, 1.807) is 51.3 Å². The molecule has 4 atom stereocenters. The number of carbonyl (C=O) groups excluding carboxylic acids is 4. The second-order valence-electron chi connectivity index (χ2n) is 12.8. The van der Waals surface area contributed by atoms with Crippen LogP contribution in [0.25, 0.3) is 0 Å². The predicted molar refractivity (Wildman–Crippen MR) is 170 cm³/mol. The maximum Gasteiger partial charge on any atom is 0.319 e. The Balaban J connectivity index is 1.36. The van der Waals surface area contributed by atoms with Gasteiger partial charge in [0.1, 0.15) is 28.6 Å². The van der Waals surface area contributed by atoms with Crippen LogP contribution in [0.2, 0.25) is 0 Å². The first-order valence-electron chi connectivity index (χ1n) is 15.2. The molecule has 0 saturated heterocycles. The van der Waals surface area contributed by atoms with Gasteiger partial charge in [-0.2, -0.15) is 0 Å². The molecule has 2 aromatic rings. The predicted octanol–water partition coefficient (Wildman–Crippen LogP) is 1.44. The van der Waals surface area contributed by atoms with Crippen molar-refractivity contribution >= 4 is 34.9 Å².